The Kier molecular flexibility index (Phi) is 5.46. The summed E-state index contributed by atoms with van der Waals surface area (Å²) in [4.78, 5) is 3.45. The predicted octanol–water partition coefficient (Wildman–Crippen LogP) is 2.32. The predicted molar refractivity (Wildman–Crippen MR) is 84.5 cm³/mol. The third-order valence-electron chi connectivity index (χ3n) is 4.14. The van der Waals surface area contributed by atoms with Crippen LogP contribution in [0.1, 0.15) is 45.7 Å². The first-order chi connectivity index (χ1) is 9.95. The van der Waals surface area contributed by atoms with E-state index in [4.69, 9.17) is 0 Å². The number of H-pyrrole nitrogens is 1. The van der Waals surface area contributed by atoms with Crippen molar-refractivity contribution in [2.24, 2.45) is 5.92 Å². The molecular weight excluding hydrogens is 286 g/mol. The highest BCUT2D eigenvalue weighted by Gasteiger charge is 2.33. The highest BCUT2D eigenvalue weighted by molar-refractivity contribution is 7.89. The molecule has 0 aliphatic carbocycles. The van der Waals surface area contributed by atoms with Crippen molar-refractivity contribution in [3.05, 3.63) is 18.0 Å². The van der Waals surface area contributed by atoms with Gasteiger partial charge in [0.25, 0.3) is 0 Å². The van der Waals surface area contributed by atoms with Gasteiger partial charge < -0.3 is 10.3 Å². The number of hydrogen-bond acceptors (Lipinski definition) is 3. The molecule has 1 aliphatic heterocycles. The fourth-order valence-corrected chi connectivity index (χ4v) is 4.62. The maximum Gasteiger partial charge on any atom is 0.244 e. The average Bonchev–Trinajstić information content (AvgIpc) is 2.88. The van der Waals surface area contributed by atoms with Crippen LogP contribution in [0, 0.1) is 5.92 Å². The van der Waals surface area contributed by atoms with Gasteiger partial charge in [0.1, 0.15) is 0 Å². The molecule has 0 aromatic carbocycles. The summed E-state index contributed by atoms with van der Waals surface area (Å²) in [7, 11) is -3.37. The monoisotopic (exact) mass is 313 g/mol. The van der Waals surface area contributed by atoms with Crippen molar-refractivity contribution >= 4 is 10.0 Å². The molecular formula is C15H27N3O2S. The Morgan fingerprint density at radius 1 is 1.43 bits per heavy atom. The van der Waals surface area contributed by atoms with E-state index in [9.17, 15) is 8.42 Å². The molecule has 0 saturated carbocycles. The Morgan fingerprint density at radius 2 is 2.19 bits per heavy atom. The minimum atomic E-state index is -3.37. The quantitative estimate of drug-likeness (QED) is 0.792. The highest BCUT2D eigenvalue weighted by Crippen LogP contribution is 2.28. The molecule has 1 aromatic rings. The van der Waals surface area contributed by atoms with E-state index in [0.717, 1.165) is 31.5 Å². The van der Waals surface area contributed by atoms with Crippen molar-refractivity contribution in [3.63, 3.8) is 0 Å². The summed E-state index contributed by atoms with van der Waals surface area (Å²) in [6.45, 7) is 8.53. The molecule has 1 saturated heterocycles. The first-order valence-electron chi connectivity index (χ1n) is 7.85. The second kappa shape index (κ2) is 6.94. The Labute approximate surface area is 128 Å². The fraction of sp³-hybridized carbons (Fsp3) is 0.733. The molecule has 0 radical (unpaired) electrons. The molecule has 1 fully saturated rings. The van der Waals surface area contributed by atoms with Crippen LogP contribution in [0.2, 0.25) is 0 Å². The lowest BCUT2D eigenvalue weighted by Gasteiger charge is -2.35. The number of aromatic amines is 1. The molecule has 2 atom stereocenters. The van der Waals surface area contributed by atoms with Crippen LogP contribution in [0.3, 0.4) is 0 Å². The van der Waals surface area contributed by atoms with Crippen molar-refractivity contribution in [1.82, 2.24) is 14.6 Å². The van der Waals surface area contributed by atoms with Gasteiger partial charge in [-0.1, -0.05) is 13.8 Å². The average molecular weight is 313 g/mol. The zero-order valence-corrected chi connectivity index (χ0v) is 14.0. The number of nitrogens with zero attached hydrogens (tertiary/aromatic N) is 1. The van der Waals surface area contributed by atoms with E-state index >= 15 is 0 Å². The molecule has 0 amide bonds. The summed E-state index contributed by atoms with van der Waals surface area (Å²) < 4.78 is 27.1. The van der Waals surface area contributed by atoms with Crippen molar-refractivity contribution in [2.75, 3.05) is 13.1 Å². The molecule has 0 bridgehead atoms. The summed E-state index contributed by atoms with van der Waals surface area (Å²) in [5, 5.41) is 3.27. The largest absolute Gasteiger partial charge is 0.363 e. The topological polar surface area (TPSA) is 65.2 Å². The van der Waals surface area contributed by atoms with Crippen molar-refractivity contribution in [1.29, 1.82) is 0 Å². The van der Waals surface area contributed by atoms with E-state index in [2.05, 4.69) is 24.1 Å². The molecule has 2 N–H and O–H groups in total. The Hall–Kier alpha value is -0.850. The van der Waals surface area contributed by atoms with Gasteiger partial charge in [0.15, 0.2) is 0 Å². The van der Waals surface area contributed by atoms with Crippen LogP contribution >= 0.6 is 0 Å². The van der Waals surface area contributed by atoms with Crippen LogP contribution < -0.4 is 5.32 Å². The molecule has 2 rings (SSSR count). The maximum atomic E-state index is 12.7. The highest BCUT2D eigenvalue weighted by atomic mass is 32.2. The smallest absolute Gasteiger partial charge is 0.244 e. The minimum absolute atomic E-state index is 0.0790. The number of rotatable bonds is 6. The second-order valence-electron chi connectivity index (χ2n) is 6.13. The molecule has 1 aliphatic rings. The number of aromatic nitrogens is 1. The first kappa shape index (κ1) is 16.5. The number of hydrogen-bond donors (Lipinski definition) is 2. The molecule has 0 spiro atoms. The molecule has 5 nitrogen and oxygen atoms in total. The minimum Gasteiger partial charge on any atom is -0.363 e. The van der Waals surface area contributed by atoms with Crippen molar-refractivity contribution in [2.45, 2.75) is 57.5 Å². The third kappa shape index (κ3) is 3.87. The standard InChI is InChI=1S/C15H27N3O2S/c1-4-6-16-10-14-9-15(11-17-14)21(19,20)18-7-5-12(2)8-13(18)3/h9,11-13,16-17H,4-8,10H2,1-3H3. The number of sulfonamides is 1. The molecule has 2 unspecified atom stereocenters. The molecule has 120 valence electrons. The second-order valence-corrected chi connectivity index (χ2v) is 8.02. The molecule has 6 heteroatoms. The molecule has 2 heterocycles. The SMILES string of the molecule is CCCNCc1cc(S(=O)(=O)N2CCC(C)CC2C)c[nH]1. The van der Waals surface area contributed by atoms with Gasteiger partial charge in [0, 0.05) is 31.0 Å². The summed E-state index contributed by atoms with van der Waals surface area (Å²) in [5.74, 6) is 0.603. The lowest BCUT2D eigenvalue weighted by molar-refractivity contribution is 0.220. The zero-order valence-electron chi connectivity index (χ0n) is 13.2. The summed E-state index contributed by atoms with van der Waals surface area (Å²) in [6.07, 6.45) is 4.56. The third-order valence-corrected chi connectivity index (χ3v) is 6.13. The van der Waals surface area contributed by atoms with Crippen LogP contribution in [0.4, 0.5) is 0 Å². The van der Waals surface area contributed by atoms with Crippen LogP contribution in [0.25, 0.3) is 0 Å². The van der Waals surface area contributed by atoms with Crippen LogP contribution in [0.5, 0.6) is 0 Å². The first-order valence-corrected chi connectivity index (χ1v) is 9.29. The lowest BCUT2D eigenvalue weighted by atomic mass is 9.95. The van der Waals surface area contributed by atoms with Gasteiger partial charge in [-0.15, -0.1) is 0 Å². The van der Waals surface area contributed by atoms with E-state index in [0.29, 0.717) is 23.9 Å². The lowest BCUT2D eigenvalue weighted by Crippen LogP contribution is -2.43. The van der Waals surface area contributed by atoms with Crippen molar-refractivity contribution < 1.29 is 8.42 Å². The summed E-state index contributed by atoms with van der Waals surface area (Å²) in [5.41, 5.74) is 0.917. The van der Waals surface area contributed by atoms with E-state index in [-0.39, 0.29) is 6.04 Å². The van der Waals surface area contributed by atoms with E-state index in [1.54, 1.807) is 16.6 Å². The van der Waals surface area contributed by atoms with Gasteiger partial charge in [0.2, 0.25) is 10.0 Å². The van der Waals surface area contributed by atoms with Crippen LogP contribution in [-0.2, 0) is 16.6 Å². The number of nitrogens with one attached hydrogen (secondary N) is 2. The summed E-state index contributed by atoms with van der Waals surface area (Å²) >= 11 is 0. The normalized spacial score (nSPS) is 24.3. The van der Waals surface area contributed by atoms with Gasteiger partial charge in [-0.3, -0.25) is 0 Å². The van der Waals surface area contributed by atoms with Gasteiger partial charge >= 0.3 is 0 Å². The van der Waals surface area contributed by atoms with Gasteiger partial charge in [-0.05, 0) is 44.7 Å². The Morgan fingerprint density at radius 3 is 2.86 bits per heavy atom. The molecule has 1 aromatic heterocycles. The van der Waals surface area contributed by atoms with Crippen LogP contribution in [-0.4, -0.2) is 36.8 Å². The van der Waals surface area contributed by atoms with Gasteiger partial charge in [-0.25, -0.2) is 8.42 Å². The van der Waals surface area contributed by atoms with E-state index in [1.165, 1.54) is 0 Å². The van der Waals surface area contributed by atoms with Crippen molar-refractivity contribution in [3.8, 4) is 0 Å². The van der Waals surface area contributed by atoms with E-state index < -0.39 is 10.0 Å². The zero-order chi connectivity index (χ0) is 15.5. The summed E-state index contributed by atoms with van der Waals surface area (Å²) in [6, 6.07) is 1.83. The van der Waals surface area contributed by atoms with Gasteiger partial charge in [-0.2, -0.15) is 4.31 Å². The van der Waals surface area contributed by atoms with Crippen LogP contribution in [0.15, 0.2) is 17.2 Å². The fourth-order valence-electron chi connectivity index (χ4n) is 2.95. The van der Waals surface area contributed by atoms with E-state index in [1.807, 2.05) is 6.92 Å². The maximum absolute atomic E-state index is 12.7. The van der Waals surface area contributed by atoms with Gasteiger partial charge in [0.05, 0.1) is 4.90 Å². The Bertz CT molecular complexity index is 553. The molecule has 21 heavy (non-hydrogen) atoms. The Balaban J connectivity index is 2.09. The number of piperidine rings is 1.